The summed E-state index contributed by atoms with van der Waals surface area (Å²) in [6.07, 6.45) is 1.26. The van der Waals surface area contributed by atoms with Gasteiger partial charge in [-0.1, -0.05) is 15.9 Å². The summed E-state index contributed by atoms with van der Waals surface area (Å²) in [4.78, 5) is 2.48. The molecular formula is C13H19BrN2S. The van der Waals surface area contributed by atoms with E-state index in [1.165, 1.54) is 29.2 Å². The van der Waals surface area contributed by atoms with Crippen LogP contribution >= 0.6 is 27.7 Å². The molecule has 1 fully saturated rings. The van der Waals surface area contributed by atoms with Crippen molar-refractivity contribution in [2.75, 3.05) is 29.5 Å². The van der Waals surface area contributed by atoms with E-state index in [1.807, 2.05) is 11.8 Å². The van der Waals surface area contributed by atoms with Crippen LogP contribution in [0.25, 0.3) is 0 Å². The van der Waals surface area contributed by atoms with Crippen molar-refractivity contribution in [3.63, 3.8) is 0 Å². The number of halogens is 1. The van der Waals surface area contributed by atoms with Crippen molar-refractivity contribution in [3.05, 3.63) is 28.2 Å². The Morgan fingerprint density at radius 1 is 1.35 bits per heavy atom. The number of thioether (sulfide) groups is 1. The summed E-state index contributed by atoms with van der Waals surface area (Å²) >= 11 is 5.58. The number of anilines is 1. The third-order valence-electron chi connectivity index (χ3n) is 3.04. The van der Waals surface area contributed by atoms with E-state index >= 15 is 0 Å². The van der Waals surface area contributed by atoms with Gasteiger partial charge in [-0.25, -0.2) is 0 Å². The number of benzene rings is 1. The quantitative estimate of drug-likeness (QED) is 0.907. The van der Waals surface area contributed by atoms with Gasteiger partial charge in [0.25, 0.3) is 0 Å². The average Bonchev–Trinajstić information content (AvgIpc) is 2.57. The van der Waals surface area contributed by atoms with Crippen molar-refractivity contribution >= 4 is 33.4 Å². The molecule has 1 aromatic rings. The minimum Gasteiger partial charge on any atom is -0.370 e. The summed E-state index contributed by atoms with van der Waals surface area (Å²) < 4.78 is 1.11. The van der Waals surface area contributed by atoms with Gasteiger partial charge < -0.3 is 10.6 Å². The van der Waals surface area contributed by atoms with Gasteiger partial charge in [0.15, 0.2) is 0 Å². The molecule has 0 saturated carbocycles. The minimum absolute atomic E-state index is 0.0819. The average molecular weight is 315 g/mol. The Labute approximate surface area is 116 Å². The third kappa shape index (κ3) is 3.39. The molecule has 1 heterocycles. The van der Waals surface area contributed by atoms with Crippen LogP contribution in [0.5, 0.6) is 0 Å². The van der Waals surface area contributed by atoms with E-state index in [0.29, 0.717) is 0 Å². The van der Waals surface area contributed by atoms with Gasteiger partial charge in [-0.05, 0) is 42.9 Å². The maximum Gasteiger partial charge on any atom is 0.0415 e. The Hall–Kier alpha value is -0.190. The molecule has 4 heteroatoms. The van der Waals surface area contributed by atoms with Gasteiger partial charge in [0.2, 0.25) is 0 Å². The van der Waals surface area contributed by atoms with E-state index in [4.69, 9.17) is 5.73 Å². The summed E-state index contributed by atoms with van der Waals surface area (Å²) in [6.45, 7) is 4.33. The fraction of sp³-hybridized carbons (Fsp3) is 0.538. The molecule has 0 amide bonds. The normalized spacial score (nSPS) is 18.9. The smallest absolute Gasteiger partial charge is 0.0415 e. The van der Waals surface area contributed by atoms with Crippen LogP contribution in [0.15, 0.2) is 22.7 Å². The van der Waals surface area contributed by atoms with Crippen molar-refractivity contribution in [1.82, 2.24) is 0 Å². The van der Waals surface area contributed by atoms with Gasteiger partial charge in [0.05, 0.1) is 0 Å². The van der Waals surface area contributed by atoms with E-state index in [-0.39, 0.29) is 6.04 Å². The highest BCUT2D eigenvalue weighted by Crippen LogP contribution is 2.29. The molecule has 1 aromatic carbocycles. The largest absolute Gasteiger partial charge is 0.370 e. The first-order valence-corrected chi connectivity index (χ1v) is 8.01. The molecule has 0 radical (unpaired) electrons. The lowest BCUT2D eigenvalue weighted by Crippen LogP contribution is -2.27. The molecule has 1 aliphatic rings. The lowest BCUT2D eigenvalue weighted by atomic mass is 10.1. The zero-order chi connectivity index (χ0) is 12.3. The number of hydrogen-bond donors (Lipinski definition) is 1. The van der Waals surface area contributed by atoms with Crippen LogP contribution in [-0.4, -0.2) is 24.6 Å². The topological polar surface area (TPSA) is 29.3 Å². The Kier molecular flexibility index (Phi) is 4.77. The standard InChI is InChI=1S/C13H19BrN2S/c1-10(15)12-9-11(14)3-4-13(12)16-5-2-7-17-8-6-16/h3-4,9-10H,2,5-8,15H2,1H3. The van der Waals surface area contributed by atoms with Crippen molar-refractivity contribution in [1.29, 1.82) is 0 Å². The van der Waals surface area contributed by atoms with Crippen molar-refractivity contribution in [2.45, 2.75) is 19.4 Å². The second-order valence-corrected chi connectivity index (χ2v) is 6.59. The number of rotatable bonds is 2. The lowest BCUT2D eigenvalue weighted by Gasteiger charge is -2.26. The van der Waals surface area contributed by atoms with E-state index in [9.17, 15) is 0 Å². The van der Waals surface area contributed by atoms with Crippen LogP contribution in [0.4, 0.5) is 5.69 Å². The van der Waals surface area contributed by atoms with Gasteiger partial charge in [-0.2, -0.15) is 11.8 Å². The monoisotopic (exact) mass is 314 g/mol. The van der Waals surface area contributed by atoms with Gasteiger partial charge in [-0.3, -0.25) is 0 Å². The molecule has 0 spiro atoms. The molecule has 2 rings (SSSR count). The first-order chi connectivity index (χ1) is 8.18. The molecule has 17 heavy (non-hydrogen) atoms. The predicted molar refractivity (Wildman–Crippen MR) is 80.9 cm³/mol. The van der Waals surface area contributed by atoms with Crippen LogP contribution in [-0.2, 0) is 0 Å². The first-order valence-electron chi connectivity index (χ1n) is 6.06. The second kappa shape index (κ2) is 6.12. The summed E-state index contributed by atoms with van der Waals surface area (Å²) in [5, 5.41) is 0. The van der Waals surface area contributed by atoms with Gasteiger partial charge in [-0.15, -0.1) is 0 Å². The zero-order valence-electron chi connectivity index (χ0n) is 10.2. The van der Waals surface area contributed by atoms with Crippen LogP contribution in [0, 0.1) is 0 Å². The van der Waals surface area contributed by atoms with Crippen molar-refractivity contribution in [3.8, 4) is 0 Å². The maximum atomic E-state index is 6.08. The highest BCUT2D eigenvalue weighted by molar-refractivity contribution is 9.10. The molecular weight excluding hydrogens is 296 g/mol. The Morgan fingerprint density at radius 2 is 2.18 bits per heavy atom. The Balaban J connectivity index is 2.29. The minimum atomic E-state index is 0.0819. The number of hydrogen-bond acceptors (Lipinski definition) is 3. The van der Waals surface area contributed by atoms with E-state index in [2.05, 4.69) is 46.0 Å². The molecule has 0 aromatic heterocycles. The van der Waals surface area contributed by atoms with Gasteiger partial charge in [0.1, 0.15) is 0 Å². The fourth-order valence-electron chi connectivity index (χ4n) is 2.17. The van der Waals surface area contributed by atoms with E-state index in [1.54, 1.807) is 0 Å². The van der Waals surface area contributed by atoms with Crippen molar-refractivity contribution in [2.24, 2.45) is 5.73 Å². The maximum absolute atomic E-state index is 6.08. The lowest BCUT2D eigenvalue weighted by molar-refractivity contribution is 0.773. The molecule has 0 aliphatic carbocycles. The number of nitrogens with two attached hydrogens (primary N) is 1. The molecule has 94 valence electrons. The fourth-order valence-corrected chi connectivity index (χ4v) is 3.43. The molecule has 1 unspecified atom stereocenters. The molecule has 0 bridgehead atoms. The molecule has 1 saturated heterocycles. The summed E-state index contributed by atoms with van der Waals surface area (Å²) in [5.41, 5.74) is 8.63. The van der Waals surface area contributed by atoms with E-state index in [0.717, 1.165) is 17.6 Å². The zero-order valence-corrected chi connectivity index (χ0v) is 12.6. The summed E-state index contributed by atoms with van der Waals surface area (Å²) in [6, 6.07) is 6.54. The first kappa shape index (κ1) is 13.2. The highest BCUT2D eigenvalue weighted by Gasteiger charge is 2.15. The highest BCUT2D eigenvalue weighted by atomic mass is 79.9. The van der Waals surface area contributed by atoms with Gasteiger partial charge >= 0.3 is 0 Å². The SMILES string of the molecule is CC(N)c1cc(Br)ccc1N1CCCSCC1. The van der Waals surface area contributed by atoms with Crippen LogP contribution in [0.2, 0.25) is 0 Å². The molecule has 2 N–H and O–H groups in total. The second-order valence-electron chi connectivity index (χ2n) is 4.44. The van der Waals surface area contributed by atoms with Crippen molar-refractivity contribution < 1.29 is 0 Å². The summed E-state index contributed by atoms with van der Waals surface area (Å²) in [7, 11) is 0. The Bertz CT molecular complexity index is 374. The molecule has 1 aliphatic heterocycles. The van der Waals surface area contributed by atoms with Gasteiger partial charge in [0, 0.05) is 35.0 Å². The van der Waals surface area contributed by atoms with Crippen LogP contribution < -0.4 is 10.6 Å². The van der Waals surface area contributed by atoms with Crippen LogP contribution in [0.3, 0.4) is 0 Å². The summed E-state index contributed by atoms with van der Waals surface area (Å²) in [5.74, 6) is 2.50. The Morgan fingerprint density at radius 3 is 2.94 bits per heavy atom. The van der Waals surface area contributed by atoms with Crippen LogP contribution in [0.1, 0.15) is 24.9 Å². The van der Waals surface area contributed by atoms with E-state index < -0.39 is 0 Å². The third-order valence-corrected chi connectivity index (χ3v) is 4.58. The molecule has 2 nitrogen and oxygen atoms in total. The number of nitrogens with zero attached hydrogens (tertiary/aromatic N) is 1. The predicted octanol–water partition coefficient (Wildman–Crippen LogP) is 3.41. The molecule has 1 atom stereocenters.